The topological polar surface area (TPSA) is 26.7 Å². The van der Waals surface area contributed by atoms with E-state index in [0.717, 1.165) is 55.6 Å². The van der Waals surface area contributed by atoms with Crippen molar-refractivity contribution in [1.82, 2.24) is 9.80 Å². The summed E-state index contributed by atoms with van der Waals surface area (Å²) in [6, 6.07) is 0.768. The van der Waals surface area contributed by atoms with Gasteiger partial charge in [-0.1, -0.05) is 0 Å². The minimum atomic E-state index is -0.279. The molecule has 6 aliphatic rings. The molecule has 1 aliphatic heterocycles. The Morgan fingerprint density at radius 1 is 1.05 bits per heavy atom. The van der Waals surface area contributed by atoms with Crippen molar-refractivity contribution in [3.05, 3.63) is 0 Å². The Morgan fingerprint density at radius 2 is 1.71 bits per heavy atom. The molecule has 3 heteroatoms. The molecule has 21 heavy (non-hydrogen) atoms. The fourth-order valence-corrected chi connectivity index (χ4v) is 6.91. The minimum absolute atomic E-state index is 0.279. The average molecular weight is 290 g/mol. The minimum Gasteiger partial charge on any atom is -0.390 e. The molecule has 0 spiro atoms. The summed E-state index contributed by atoms with van der Waals surface area (Å²) in [6.45, 7) is 4.93. The van der Waals surface area contributed by atoms with Crippen LogP contribution in [0.4, 0.5) is 0 Å². The predicted octanol–water partition coefficient (Wildman–Crippen LogP) is 2.30. The molecule has 0 aromatic rings. The summed E-state index contributed by atoms with van der Waals surface area (Å²) >= 11 is 0. The Morgan fingerprint density at radius 3 is 2.29 bits per heavy atom. The van der Waals surface area contributed by atoms with Gasteiger partial charge < -0.3 is 5.11 Å². The van der Waals surface area contributed by atoms with Gasteiger partial charge in [0.25, 0.3) is 0 Å². The largest absolute Gasteiger partial charge is 0.390 e. The lowest BCUT2D eigenvalue weighted by molar-refractivity contribution is -0.158. The first-order valence-corrected chi connectivity index (χ1v) is 9.15. The van der Waals surface area contributed by atoms with Crippen molar-refractivity contribution in [2.24, 2.45) is 23.7 Å². The van der Waals surface area contributed by atoms with Crippen LogP contribution in [0, 0.1) is 23.7 Å². The van der Waals surface area contributed by atoms with Gasteiger partial charge in [-0.05, 0) is 82.6 Å². The van der Waals surface area contributed by atoms with Crippen LogP contribution in [-0.2, 0) is 0 Å². The number of rotatable bonds is 2. The Balaban J connectivity index is 1.39. The Kier molecular flexibility index (Phi) is 2.56. The molecule has 0 radical (unpaired) electrons. The lowest BCUT2D eigenvalue weighted by Gasteiger charge is -2.60. The SMILES string of the molecule is CN1CN(C2C3CC4CC2CC(O)(C4)C3)CC1(C)C1CC1. The van der Waals surface area contributed by atoms with E-state index in [9.17, 15) is 5.11 Å². The summed E-state index contributed by atoms with van der Waals surface area (Å²) in [7, 11) is 2.34. The molecule has 4 bridgehead atoms. The maximum absolute atomic E-state index is 10.8. The summed E-state index contributed by atoms with van der Waals surface area (Å²) in [4.78, 5) is 5.44. The highest BCUT2D eigenvalue weighted by Gasteiger charge is 2.59. The molecule has 5 saturated carbocycles. The molecule has 6 fully saturated rings. The molecule has 1 N–H and O–H groups in total. The molecule has 3 unspecified atom stereocenters. The van der Waals surface area contributed by atoms with E-state index in [-0.39, 0.29) is 5.60 Å². The molecule has 3 atom stereocenters. The van der Waals surface area contributed by atoms with Crippen LogP contribution in [0.3, 0.4) is 0 Å². The Labute approximate surface area is 128 Å². The van der Waals surface area contributed by atoms with Gasteiger partial charge in [-0.3, -0.25) is 9.80 Å². The van der Waals surface area contributed by atoms with E-state index in [1.54, 1.807) is 0 Å². The monoisotopic (exact) mass is 290 g/mol. The summed E-state index contributed by atoms with van der Waals surface area (Å²) in [5.74, 6) is 3.32. The quantitative estimate of drug-likeness (QED) is 0.845. The van der Waals surface area contributed by atoms with E-state index in [1.165, 1.54) is 32.2 Å². The van der Waals surface area contributed by atoms with Gasteiger partial charge in [0, 0.05) is 18.1 Å². The first-order chi connectivity index (χ1) is 9.97. The van der Waals surface area contributed by atoms with Crippen LogP contribution >= 0.6 is 0 Å². The smallest absolute Gasteiger partial charge is 0.0657 e. The van der Waals surface area contributed by atoms with Gasteiger partial charge >= 0.3 is 0 Å². The molecule has 118 valence electrons. The molecule has 0 aromatic carbocycles. The third kappa shape index (κ3) is 1.83. The predicted molar refractivity (Wildman–Crippen MR) is 82.8 cm³/mol. The second-order valence-electron chi connectivity index (χ2n) is 9.40. The second-order valence-corrected chi connectivity index (χ2v) is 9.40. The molecule has 0 amide bonds. The van der Waals surface area contributed by atoms with Crippen LogP contribution in [0.1, 0.15) is 51.9 Å². The van der Waals surface area contributed by atoms with Crippen LogP contribution in [-0.4, -0.2) is 52.3 Å². The molecular weight excluding hydrogens is 260 g/mol. The van der Waals surface area contributed by atoms with E-state index >= 15 is 0 Å². The zero-order chi connectivity index (χ0) is 14.4. The van der Waals surface area contributed by atoms with E-state index in [2.05, 4.69) is 23.8 Å². The van der Waals surface area contributed by atoms with Crippen molar-refractivity contribution in [2.75, 3.05) is 20.3 Å². The lowest BCUT2D eigenvalue weighted by atomic mass is 9.52. The zero-order valence-electron chi connectivity index (χ0n) is 13.6. The number of hydrogen-bond donors (Lipinski definition) is 1. The van der Waals surface area contributed by atoms with E-state index < -0.39 is 0 Å². The number of hydrogen-bond acceptors (Lipinski definition) is 3. The van der Waals surface area contributed by atoms with Crippen molar-refractivity contribution in [3.8, 4) is 0 Å². The summed E-state index contributed by atoms with van der Waals surface area (Å²) in [5.41, 5.74) is 0.143. The number of likely N-dealkylation sites (N-methyl/N-ethyl adjacent to an activating group) is 1. The van der Waals surface area contributed by atoms with Crippen molar-refractivity contribution in [3.63, 3.8) is 0 Å². The number of nitrogens with zero attached hydrogens (tertiary/aromatic N) is 2. The van der Waals surface area contributed by atoms with Gasteiger partial charge in [0.05, 0.1) is 12.3 Å². The first-order valence-electron chi connectivity index (χ1n) is 9.15. The van der Waals surface area contributed by atoms with E-state index in [1.807, 2.05) is 0 Å². The molecule has 1 heterocycles. The summed E-state index contributed by atoms with van der Waals surface area (Å²) in [5, 5.41) is 10.8. The number of aliphatic hydroxyl groups is 1. The molecule has 5 aliphatic carbocycles. The average Bonchev–Trinajstić information content (AvgIpc) is 3.16. The van der Waals surface area contributed by atoms with Gasteiger partial charge in [0.2, 0.25) is 0 Å². The highest BCUT2D eigenvalue weighted by atomic mass is 16.3. The van der Waals surface area contributed by atoms with E-state index in [0.29, 0.717) is 5.54 Å². The summed E-state index contributed by atoms with van der Waals surface area (Å²) < 4.78 is 0. The van der Waals surface area contributed by atoms with Gasteiger partial charge in [-0.25, -0.2) is 0 Å². The Hall–Kier alpha value is -0.120. The summed E-state index contributed by atoms with van der Waals surface area (Å²) in [6.07, 6.45) is 8.94. The Bertz CT molecular complexity index is 446. The highest BCUT2D eigenvalue weighted by Crippen LogP contribution is 2.58. The van der Waals surface area contributed by atoms with Crippen molar-refractivity contribution in [2.45, 2.75) is 69.1 Å². The fourth-order valence-electron chi connectivity index (χ4n) is 6.91. The highest BCUT2D eigenvalue weighted by molar-refractivity contribution is 5.12. The maximum atomic E-state index is 10.8. The van der Waals surface area contributed by atoms with Crippen LogP contribution < -0.4 is 0 Å². The van der Waals surface area contributed by atoms with Gasteiger partial charge in [0.15, 0.2) is 0 Å². The van der Waals surface area contributed by atoms with Crippen LogP contribution in [0.5, 0.6) is 0 Å². The van der Waals surface area contributed by atoms with Crippen molar-refractivity contribution in [1.29, 1.82) is 0 Å². The third-order valence-electron chi connectivity index (χ3n) is 7.86. The second kappa shape index (κ2) is 4.04. The standard InChI is InChI=1S/C18H30N2O/c1-17(15-3-4-15)10-20(11-19(17)2)16-13-5-12-6-14(16)9-18(21,7-12)8-13/h12-16,21H,3-11H2,1-2H3. The fraction of sp³-hybridized carbons (Fsp3) is 1.00. The van der Waals surface area contributed by atoms with Crippen molar-refractivity contribution >= 4 is 0 Å². The normalized spacial score (nSPS) is 57.3. The lowest BCUT2D eigenvalue weighted by Crippen LogP contribution is -2.61. The maximum Gasteiger partial charge on any atom is 0.0657 e. The van der Waals surface area contributed by atoms with Gasteiger partial charge in [-0.15, -0.1) is 0 Å². The molecular formula is C18H30N2O. The van der Waals surface area contributed by atoms with Crippen molar-refractivity contribution < 1.29 is 5.11 Å². The van der Waals surface area contributed by atoms with Gasteiger partial charge in [-0.2, -0.15) is 0 Å². The van der Waals surface area contributed by atoms with Crippen LogP contribution in [0.25, 0.3) is 0 Å². The van der Waals surface area contributed by atoms with Crippen LogP contribution in [0.2, 0.25) is 0 Å². The molecule has 3 nitrogen and oxygen atoms in total. The first kappa shape index (κ1) is 13.3. The third-order valence-corrected chi connectivity index (χ3v) is 7.86. The zero-order valence-corrected chi connectivity index (χ0v) is 13.6. The van der Waals surface area contributed by atoms with Gasteiger partial charge in [0.1, 0.15) is 0 Å². The molecule has 0 aromatic heterocycles. The van der Waals surface area contributed by atoms with E-state index in [4.69, 9.17) is 0 Å². The molecule has 1 saturated heterocycles. The molecule has 6 rings (SSSR count). The van der Waals surface area contributed by atoms with Crippen LogP contribution in [0.15, 0.2) is 0 Å².